The van der Waals surface area contributed by atoms with E-state index in [1.165, 1.54) is 44.9 Å². The molecule has 1 saturated carbocycles. The Bertz CT molecular complexity index is 540. The Balaban J connectivity index is 1.56. The number of imidazole rings is 1. The van der Waals surface area contributed by atoms with E-state index in [0.29, 0.717) is 5.82 Å². The first-order chi connectivity index (χ1) is 9.31. The van der Waals surface area contributed by atoms with Gasteiger partial charge < -0.3 is 10.7 Å². The van der Waals surface area contributed by atoms with Crippen LogP contribution in [0.4, 0.5) is 5.82 Å². The van der Waals surface area contributed by atoms with Crippen molar-refractivity contribution >= 4 is 17.0 Å². The number of aromatic amines is 1. The van der Waals surface area contributed by atoms with Gasteiger partial charge in [0, 0.05) is 6.42 Å². The summed E-state index contributed by atoms with van der Waals surface area (Å²) in [5.74, 6) is 2.54. The quantitative estimate of drug-likeness (QED) is 0.882. The number of aromatic nitrogens is 3. The summed E-state index contributed by atoms with van der Waals surface area (Å²) in [7, 11) is 0. The highest BCUT2D eigenvalue weighted by Gasteiger charge is 2.13. The number of nitrogens with zero attached hydrogens (tertiary/aromatic N) is 2. The average molecular weight is 258 g/mol. The Hall–Kier alpha value is -1.58. The summed E-state index contributed by atoms with van der Waals surface area (Å²) in [5.41, 5.74) is 7.40. The second-order valence-corrected chi connectivity index (χ2v) is 5.68. The molecule has 0 atom stereocenters. The van der Waals surface area contributed by atoms with E-state index in [-0.39, 0.29) is 0 Å². The Morgan fingerprint density at radius 3 is 2.84 bits per heavy atom. The van der Waals surface area contributed by atoms with Gasteiger partial charge in [0.1, 0.15) is 17.2 Å². The van der Waals surface area contributed by atoms with E-state index in [2.05, 4.69) is 15.0 Å². The van der Waals surface area contributed by atoms with Crippen LogP contribution in [0, 0.1) is 5.92 Å². The summed E-state index contributed by atoms with van der Waals surface area (Å²) < 4.78 is 0. The Kier molecular flexibility index (Phi) is 3.67. The molecule has 2 aromatic heterocycles. The molecule has 1 aliphatic rings. The van der Waals surface area contributed by atoms with Gasteiger partial charge >= 0.3 is 0 Å². The smallest absolute Gasteiger partial charge is 0.159 e. The number of hydrogen-bond acceptors (Lipinski definition) is 3. The molecule has 4 heteroatoms. The molecule has 0 amide bonds. The number of nitrogen functional groups attached to an aromatic ring is 1. The molecule has 102 valence electrons. The third kappa shape index (κ3) is 3.06. The molecule has 0 radical (unpaired) electrons. The van der Waals surface area contributed by atoms with Crippen molar-refractivity contribution in [2.45, 2.75) is 51.4 Å². The van der Waals surface area contributed by atoms with Gasteiger partial charge in [-0.3, -0.25) is 0 Å². The zero-order valence-corrected chi connectivity index (χ0v) is 11.4. The summed E-state index contributed by atoms with van der Waals surface area (Å²) in [4.78, 5) is 12.1. The molecular formula is C15H22N4. The van der Waals surface area contributed by atoms with Crippen molar-refractivity contribution in [3.05, 3.63) is 18.0 Å². The third-order valence-electron chi connectivity index (χ3n) is 4.16. The predicted molar refractivity (Wildman–Crippen MR) is 77.8 cm³/mol. The maximum absolute atomic E-state index is 5.67. The van der Waals surface area contributed by atoms with Crippen molar-refractivity contribution in [3.63, 3.8) is 0 Å². The minimum atomic E-state index is 0.546. The standard InChI is InChI=1S/C15H22N4/c16-13-10-9-12-15(18-13)19-14(17-12)8-4-7-11-5-2-1-3-6-11/h9-11H,1-8H2,(H3,16,17,18,19). The van der Waals surface area contributed by atoms with Crippen LogP contribution in [0.25, 0.3) is 11.2 Å². The number of aryl methyl sites for hydroxylation is 1. The van der Waals surface area contributed by atoms with E-state index in [1.807, 2.05) is 6.07 Å². The molecule has 0 aromatic carbocycles. The predicted octanol–water partition coefficient (Wildman–Crippen LogP) is 3.44. The van der Waals surface area contributed by atoms with Gasteiger partial charge in [-0.15, -0.1) is 0 Å². The van der Waals surface area contributed by atoms with Crippen LogP contribution < -0.4 is 5.73 Å². The monoisotopic (exact) mass is 258 g/mol. The molecule has 1 fully saturated rings. The molecule has 19 heavy (non-hydrogen) atoms. The highest BCUT2D eigenvalue weighted by atomic mass is 15.0. The Labute approximate surface area is 113 Å². The van der Waals surface area contributed by atoms with Crippen LogP contribution in [0.3, 0.4) is 0 Å². The van der Waals surface area contributed by atoms with Crippen LogP contribution >= 0.6 is 0 Å². The fourth-order valence-electron chi connectivity index (χ4n) is 3.11. The first-order valence-electron chi connectivity index (χ1n) is 7.42. The van der Waals surface area contributed by atoms with E-state index < -0.39 is 0 Å². The van der Waals surface area contributed by atoms with E-state index >= 15 is 0 Å². The molecule has 0 unspecified atom stereocenters. The van der Waals surface area contributed by atoms with Crippen molar-refractivity contribution in [2.24, 2.45) is 5.92 Å². The SMILES string of the molecule is Nc1ccc2nc(CCCC3CCCCC3)[nH]c2n1. The minimum absolute atomic E-state index is 0.546. The number of anilines is 1. The lowest BCUT2D eigenvalue weighted by Gasteiger charge is -2.20. The molecule has 3 N–H and O–H groups in total. The second kappa shape index (κ2) is 5.59. The van der Waals surface area contributed by atoms with Crippen LogP contribution in [-0.2, 0) is 6.42 Å². The van der Waals surface area contributed by atoms with Gasteiger partial charge in [-0.25, -0.2) is 9.97 Å². The van der Waals surface area contributed by atoms with Crippen molar-refractivity contribution in [3.8, 4) is 0 Å². The molecule has 1 aliphatic carbocycles. The van der Waals surface area contributed by atoms with Crippen LogP contribution in [-0.4, -0.2) is 15.0 Å². The van der Waals surface area contributed by atoms with Crippen molar-refractivity contribution in [1.82, 2.24) is 15.0 Å². The van der Waals surface area contributed by atoms with Gasteiger partial charge in [0.2, 0.25) is 0 Å². The number of nitrogens with two attached hydrogens (primary N) is 1. The molecule has 2 heterocycles. The number of fused-ring (bicyclic) bond motifs is 1. The van der Waals surface area contributed by atoms with Crippen molar-refractivity contribution in [1.29, 1.82) is 0 Å². The molecule has 0 spiro atoms. The van der Waals surface area contributed by atoms with Gasteiger partial charge in [-0.05, 0) is 24.5 Å². The van der Waals surface area contributed by atoms with Crippen molar-refractivity contribution < 1.29 is 0 Å². The highest BCUT2D eigenvalue weighted by Crippen LogP contribution is 2.27. The minimum Gasteiger partial charge on any atom is -0.384 e. The maximum Gasteiger partial charge on any atom is 0.159 e. The first-order valence-corrected chi connectivity index (χ1v) is 7.42. The van der Waals surface area contributed by atoms with Gasteiger partial charge in [0.25, 0.3) is 0 Å². The van der Waals surface area contributed by atoms with Crippen LogP contribution in [0.15, 0.2) is 12.1 Å². The summed E-state index contributed by atoms with van der Waals surface area (Å²) in [6.07, 6.45) is 10.7. The maximum atomic E-state index is 5.67. The topological polar surface area (TPSA) is 67.6 Å². The molecular weight excluding hydrogens is 236 g/mol. The molecule has 3 rings (SSSR count). The van der Waals surface area contributed by atoms with Gasteiger partial charge in [-0.2, -0.15) is 0 Å². The summed E-state index contributed by atoms with van der Waals surface area (Å²) in [5, 5.41) is 0. The summed E-state index contributed by atoms with van der Waals surface area (Å²) in [6, 6.07) is 3.73. The molecule has 2 aromatic rings. The lowest BCUT2D eigenvalue weighted by Crippen LogP contribution is -2.06. The van der Waals surface area contributed by atoms with Crippen LogP contribution in [0.2, 0.25) is 0 Å². The van der Waals surface area contributed by atoms with Crippen LogP contribution in [0.1, 0.15) is 50.8 Å². The number of hydrogen-bond donors (Lipinski definition) is 2. The Morgan fingerprint density at radius 2 is 2.00 bits per heavy atom. The van der Waals surface area contributed by atoms with Crippen molar-refractivity contribution in [2.75, 3.05) is 5.73 Å². The number of pyridine rings is 1. The first kappa shape index (κ1) is 12.5. The Morgan fingerprint density at radius 1 is 1.16 bits per heavy atom. The van der Waals surface area contributed by atoms with E-state index in [4.69, 9.17) is 5.73 Å². The molecule has 0 bridgehead atoms. The largest absolute Gasteiger partial charge is 0.384 e. The van der Waals surface area contributed by atoms with Gasteiger partial charge in [0.05, 0.1) is 0 Å². The number of rotatable bonds is 4. The number of H-pyrrole nitrogens is 1. The fraction of sp³-hybridized carbons (Fsp3) is 0.600. The normalized spacial score (nSPS) is 17.1. The lowest BCUT2D eigenvalue weighted by molar-refractivity contribution is 0.332. The molecule has 0 saturated heterocycles. The van der Waals surface area contributed by atoms with E-state index in [1.54, 1.807) is 6.07 Å². The molecule has 4 nitrogen and oxygen atoms in total. The highest BCUT2D eigenvalue weighted by molar-refractivity contribution is 5.72. The molecule has 0 aliphatic heterocycles. The summed E-state index contributed by atoms with van der Waals surface area (Å²) in [6.45, 7) is 0. The van der Waals surface area contributed by atoms with Gasteiger partial charge in [-0.1, -0.05) is 38.5 Å². The van der Waals surface area contributed by atoms with Crippen LogP contribution in [0.5, 0.6) is 0 Å². The number of nitrogens with one attached hydrogen (secondary N) is 1. The summed E-state index contributed by atoms with van der Waals surface area (Å²) >= 11 is 0. The second-order valence-electron chi connectivity index (χ2n) is 5.68. The third-order valence-corrected chi connectivity index (χ3v) is 4.16. The zero-order valence-electron chi connectivity index (χ0n) is 11.4. The van der Waals surface area contributed by atoms with E-state index in [9.17, 15) is 0 Å². The van der Waals surface area contributed by atoms with Gasteiger partial charge in [0.15, 0.2) is 5.65 Å². The van der Waals surface area contributed by atoms with E-state index in [0.717, 1.165) is 29.3 Å². The fourth-order valence-corrected chi connectivity index (χ4v) is 3.11. The lowest BCUT2D eigenvalue weighted by atomic mass is 9.86. The zero-order chi connectivity index (χ0) is 13.1. The average Bonchev–Trinajstić information content (AvgIpc) is 2.82.